The summed E-state index contributed by atoms with van der Waals surface area (Å²) >= 11 is 0. The Morgan fingerprint density at radius 1 is 1.44 bits per heavy atom. The molecule has 2 N–H and O–H groups in total. The quantitative estimate of drug-likeness (QED) is 0.812. The number of aliphatic hydroxyl groups is 1. The van der Waals surface area contributed by atoms with Gasteiger partial charge < -0.3 is 15.2 Å². The van der Waals surface area contributed by atoms with Crippen LogP contribution in [0.3, 0.4) is 0 Å². The number of nitriles is 1. The molecule has 0 unspecified atom stereocenters. The van der Waals surface area contributed by atoms with Crippen LogP contribution < -0.4 is 5.32 Å². The second-order valence-electron chi connectivity index (χ2n) is 3.62. The van der Waals surface area contributed by atoms with E-state index >= 15 is 0 Å². The lowest BCUT2D eigenvalue weighted by Crippen LogP contribution is -2.25. The van der Waals surface area contributed by atoms with Crippen molar-refractivity contribution < 1.29 is 18.6 Å². The molecule has 0 saturated heterocycles. The third-order valence-electron chi connectivity index (χ3n) is 2.20. The zero-order valence-electron chi connectivity index (χ0n) is 9.91. The van der Waals surface area contributed by atoms with Gasteiger partial charge in [-0.1, -0.05) is 0 Å². The fraction of sp³-hybridized carbons (Fsp3) is 0.417. The molecule has 18 heavy (non-hydrogen) atoms. The summed E-state index contributed by atoms with van der Waals surface area (Å²) in [6.45, 7) is 2.28. The van der Waals surface area contributed by atoms with Crippen LogP contribution in [-0.2, 0) is 4.74 Å². The molecule has 0 heterocycles. The van der Waals surface area contributed by atoms with Gasteiger partial charge in [0.25, 0.3) is 0 Å². The Bertz CT molecular complexity index is 423. The lowest BCUT2D eigenvalue weighted by Gasteiger charge is -2.13. The average Bonchev–Trinajstić information content (AvgIpc) is 2.34. The number of rotatable bonds is 6. The van der Waals surface area contributed by atoms with Gasteiger partial charge >= 0.3 is 0 Å². The lowest BCUT2D eigenvalue weighted by molar-refractivity contribution is 0.0495. The SMILES string of the molecule is CCOC[C@@H](O)CNc1c(F)cc(C#N)cc1F. The number of nitrogens with one attached hydrogen (secondary N) is 1. The highest BCUT2D eigenvalue weighted by Gasteiger charge is 2.12. The minimum absolute atomic E-state index is 0.0419. The van der Waals surface area contributed by atoms with Crippen LogP contribution in [0.15, 0.2) is 12.1 Å². The second-order valence-corrected chi connectivity index (χ2v) is 3.62. The van der Waals surface area contributed by atoms with Gasteiger partial charge in [-0.3, -0.25) is 0 Å². The molecule has 4 nitrogen and oxygen atoms in total. The minimum Gasteiger partial charge on any atom is -0.389 e. The molecular weight excluding hydrogens is 242 g/mol. The predicted molar refractivity (Wildman–Crippen MR) is 62.1 cm³/mol. The van der Waals surface area contributed by atoms with Crippen molar-refractivity contribution in [3.63, 3.8) is 0 Å². The van der Waals surface area contributed by atoms with E-state index in [0.29, 0.717) is 6.61 Å². The summed E-state index contributed by atoms with van der Waals surface area (Å²) in [5.41, 5.74) is -0.449. The number of nitrogens with zero attached hydrogens (tertiary/aromatic N) is 1. The van der Waals surface area contributed by atoms with E-state index in [-0.39, 0.29) is 24.4 Å². The monoisotopic (exact) mass is 256 g/mol. The van der Waals surface area contributed by atoms with Crippen LogP contribution in [0.2, 0.25) is 0 Å². The molecule has 0 aliphatic carbocycles. The molecule has 0 aromatic heterocycles. The van der Waals surface area contributed by atoms with E-state index in [2.05, 4.69) is 5.32 Å². The van der Waals surface area contributed by atoms with Crippen molar-refractivity contribution in [3.05, 3.63) is 29.3 Å². The van der Waals surface area contributed by atoms with Gasteiger partial charge in [-0.15, -0.1) is 0 Å². The Balaban J connectivity index is 2.65. The first kappa shape index (κ1) is 14.4. The zero-order valence-corrected chi connectivity index (χ0v) is 9.91. The van der Waals surface area contributed by atoms with E-state index < -0.39 is 17.7 Å². The highest BCUT2D eigenvalue weighted by atomic mass is 19.1. The van der Waals surface area contributed by atoms with Gasteiger partial charge in [-0.25, -0.2) is 8.78 Å². The molecule has 0 radical (unpaired) electrons. The summed E-state index contributed by atoms with van der Waals surface area (Å²) in [4.78, 5) is 0. The molecule has 1 aromatic rings. The largest absolute Gasteiger partial charge is 0.389 e. The number of halogens is 2. The van der Waals surface area contributed by atoms with Crippen LogP contribution in [0.1, 0.15) is 12.5 Å². The molecule has 1 aromatic carbocycles. The van der Waals surface area contributed by atoms with Crippen LogP contribution in [0, 0.1) is 23.0 Å². The van der Waals surface area contributed by atoms with Gasteiger partial charge in [0, 0.05) is 13.2 Å². The fourth-order valence-corrected chi connectivity index (χ4v) is 1.34. The fourth-order valence-electron chi connectivity index (χ4n) is 1.34. The highest BCUT2D eigenvalue weighted by molar-refractivity contribution is 5.50. The molecule has 0 saturated carbocycles. The summed E-state index contributed by atoms with van der Waals surface area (Å²) in [6, 6.07) is 3.51. The van der Waals surface area contributed by atoms with Crippen molar-refractivity contribution in [2.24, 2.45) is 0 Å². The lowest BCUT2D eigenvalue weighted by atomic mass is 10.2. The molecule has 0 aliphatic rings. The van der Waals surface area contributed by atoms with Crippen LogP contribution in [-0.4, -0.2) is 31.0 Å². The summed E-state index contributed by atoms with van der Waals surface area (Å²) < 4.78 is 31.8. The van der Waals surface area contributed by atoms with Crippen LogP contribution in [0.4, 0.5) is 14.5 Å². The standard InChI is InChI=1S/C12H14F2N2O2/c1-2-18-7-9(17)6-16-12-10(13)3-8(5-15)4-11(12)14/h3-4,9,16-17H,2,6-7H2,1H3/t9-/m0/s1. The van der Waals surface area contributed by atoms with E-state index in [0.717, 1.165) is 12.1 Å². The molecule has 6 heteroatoms. The van der Waals surface area contributed by atoms with Crippen molar-refractivity contribution in [2.45, 2.75) is 13.0 Å². The summed E-state index contributed by atoms with van der Waals surface area (Å²) in [7, 11) is 0. The van der Waals surface area contributed by atoms with E-state index in [1.165, 1.54) is 0 Å². The first-order valence-electron chi connectivity index (χ1n) is 5.47. The normalized spacial score (nSPS) is 11.9. The van der Waals surface area contributed by atoms with Gasteiger partial charge in [0.05, 0.1) is 24.3 Å². The molecule has 0 amide bonds. The number of ether oxygens (including phenoxy) is 1. The second kappa shape index (κ2) is 6.89. The summed E-state index contributed by atoms with van der Waals surface area (Å²) in [6.07, 6.45) is -0.862. The summed E-state index contributed by atoms with van der Waals surface area (Å²) in [5.74, 6) is -1.73. The number of hydrogen-bond donors (Lipinski definition) is 2. The van der Waals surface area contributed by atoms with E-state index in [4.69, 9.17) is 10.00 Å². The van der Waals surface area contributed by atoms with E-state index in [9.17, 15) is 13.9 Å². The first-order chi connectivity index (χ1) is 8.58. The zero-order chi connectivity index (χ0) is 13.5. The van der Waals surface area contributed by atoms with Gasteiger partial charge in [0.2, 0.25) is 0 Å². The van der Waals surface area contributed by atoms with E-state index in [1.807, 2.05) is 0 Å². The van der Waals surface area contributed by atoms with E-state index in [1.54, 1.807) is 13.0 Å². The van der Waals surface area contributed by atoms with Crippen molar-refractivity contribution >= 4 is 5.69 Å². The molecule has 1 atom stereocenters. The van der Waals surface area contributed by atoms with Crippen molar-refractivity contribution in [1.82, 2.24) is 0 Å². The smallest absolute Gasteiger partial charge is 0.150 e. The molecule has 0 bridgehead atoms. The maximum absolute atomic E-state index is 13.4. The molecule has 1 rings (SSSR count). The Hall–Kier alpha value is -1.71. The number of anilines is 1. The van der Waals surface area contributed by atoms with Crippen LogP contribution in [0.5, 0.6) is 0 Å². The topological polar surface area (TPSA) is 65.3 Å². The minimum atomic E-state index is -0.866. The number of benzene rings is 1. The Morgan fingerprint density at radius 3 is 2.56 bits per heavy atom. The molecule has 0 fully saturated rings. The predicted octanol–water partition coefficient (Wildman–Crippen LogP) is 1.65. The molecular formula is C12H14F2N2O2. The van der Waals surface area contributed by atoms with Crippen LogP contribution in [0.25, 0.3) is 0 Å². The van der Waals surface area contributed by atoms with Crippen molar-refractivity contribution in [1.29, 1.82) is 5.26 Å². The van der Waals surface area contributed by atoms with Gasteiger partial charge in [0.1, 0.15) is 5.69 Å². The maximum Gasteiger partial charge on any atom is 0.150 e. The maximum atomic E-state index is 13.4. The van der Waals surface area contributed by atoms with Gasteiger partial charge in [-0.05, 0) is 19.1 Å². The first-order valence-corrected chi connectivity index (χ1v) is 5.47. The molecule has 0 aliphatic heterocycles. The van der Waals surface area contributed by atoms with Crippen molar-refractivity contribution in [3.8, 4) is 6.07 Å². The summed E-state index contributed by atoms with van der Waals surface area (Å²) in [5, 5.41) is 20.4. The third kappa shape index (κ3) is 3.95. The average molecular weight is 256 g/mol. The molecule has 98 valence electrons. The Labute approximate surface area is 104 Å². The third-order valence-corrected chi connectivity index (χ3v) is 2.20. The van der Waals surface area contributed by atoms with Gasteiger partial charge in [0.15, 0.2) is 11.6 Å². The Morgan fingerprint density at radius 2 is 2.06 bits per heavy atom. The number of aliphatic hydroxyl groups excluding tert-OH is 1. The van der Waals surface area contributed by atoms with Crippen molar-refractivity contribution in [2.75, 3.05) is 25.1 Å². The Kier molecular flexibility index (Phi) is 5.49. The molecule has 0 spiro atoms. The number of hydrogen-bond acceptors (Lipinski definition) is 4. The van der Waals surface area contributed by atoms with Crippen LogP contribution >= 0.6 is 0 Å². The highest BCUT2D eigenvalue weighted by Crippen LogP contribution is 2.20. The van der Waals surface area contributed by atoms with Gasteiger partial charge in [-0.2, -0.15) is 5.26 Å².